The maximum Gasteiger partial charge on any atom is 0.132 e. The lowest BCUT2D eigenvalue weighted by Gasteiger charge is -2.09. The molecule has 0 fully saturated rings. The van der Waals surface area contributed by atoms with E-state index in [-0.39, 0.29) is 0 Å². The van der Waals surface area contributed by atoms with E-state index in [9.17, 15) is 0 Å². The molecule has 3 heteroatoms. The zero-order chi connectivity index (χ0) is 9.80. The van der Waals surface area contributed by atoms with Crippen LogP contribution in [0.2, 0.25) is 0 Å². The van der Waals surface area contributed by atoms with Gasteiger partial charge in [0, 0.05) is 19.7 Å². The van der Waals surface area contributed by atoms with Gasteiger partial charge >= 0.3 is 0 Å². The molecule has 72 valence electrons. The van der Waals surface area contributed by atoms with E-state index in [4.69, 9.17) is 0 Å². The lowest BCUT2D eigenvalue weighted by molar-refractivity contribution is 0.696. The minimum absolute atomic E-state index is 0.899. The average molecular weight is 187 g/mol. The van der Waals surface area contributed by atoms with Gasteiger partial charge in [0.15, 0.2) is 0 Å². The first-order valence-corrected chi connectivity index (χ1v) is 4.63. The van der Waals surface area contributed by atoms with E-state index in [1.165, 1.54) is 0 Å². The summed E-state index contributed by atoms with van der Waals surface area (Å²) in [4.78, 5) is 2.01. The minimum atomic E-state index is 0.899. The second-order valence-corrected chi connectivity index (χ2v) is 3.21. The van der Waals surface area contributed by atoms with Crippen LogP contribution in [-0.4, -0.2) is 17.8 Å². The normalized spacial score (nSPS) is 17.8. The number of hydrazone groups is 1. The highest BCUT2D eigenvalue weighted by atomic mass is 15.3. The van der Waals surface area contributed by atoms with Crippen LogP contribution < -0.4 is 5.43 Å². The van der Waals surface area contributed by atoms with Crippen molar-refractivity contribution in [3.05, 3.63) is 42.6 Å². The summed E-state index contributed by atoms with van der Waals surface area (Å²) in [5.41, 5.74) is 4.04. The highest BCUT2D eigenvalue weighted by Crippen LogP contribution is 2.08. The third kappa shape index (κ3) is 1.93. The van der Waals surface area contributed by atoms with E-state index < -0.39 is 0 Å². The molecule has 0 aromatic heterocycles. The molecular weight excluding hydrogens is 174 g/mol. The highest BCUT2D eigenvalue weighted by molar-refractivity contribution is 5.87. The lowest BCUT2D eigenvalue weighted by atomic mass is 10.3. The van der Waals surface area contributed by atoms with Gasteiger partial charge in [0.1, 0.15) is 5.84 Å². The van der Waals surface area contributed by atoms with Crippen LogP contribution in [-0.2, 0) is 0 Å². The number of anilines is 1. The SMILES string of the molecule is CN1C=CCC1=NNc1ccccc1. The maximum atomic E-state index is 4.30. The molecule has 1 aromatic rings. The maximum absolute atomic E-state index is 4.30. The van der Waals surface area contributed by atoms with Crippen LogP contribution in [0.25, 0.3) is 0 Å². The van der Waals surface area contributed by atoms with Crippen molar-refractivity contribution in [1.82, 2.24) is 4.90 Å². The van der Waals surface area contributed by atoms with E-state index >= 15 is 0 Å². The van der Waals surface area contributed by atoms with Crippen molar-refractivity contribution in [3.8, 4) is 0 Å². The summed E-state index contributed by atoms with van der Waals surface area (Å²) < 4.78 is 0. The Hall–Kier alpha value is -1.77. The summed E-state index contributed by atoms with van der Waals surface area (Å²) >= 11 is 0. The van der Waals surface area contributed by atoms with E-state index in [0.29, 0.717) is 0 Å². The van der Waals surface area contributed by atoms with Crippen LogP contribution in [0.1, 0.15) is 6.42 Å². The molecule has 0 amide bonds. The Morgan fingerprint density at radius 3 is 2.71 bits per heavy atom. The van der Waals surface area contributed by atoms with E-state index in [0.717, 1.165) is 17.9 Å². The molecule has 0 spiro atoms. The fourth-order valence-corrected chi connectivity index (χ4v) is 1.31. The number of nitrogens with one attached hydrogen (secondary N) is 1. The van der Waals surface area contributed by atoms with Gasteiger partial charge in [-0.05, 0) is 12.1 Å². The quantitative estimate of drug-likeness (QED) is 0.719. The van der Waals surface area contributed by atoms with E-state index in [1.807, 2.05) is 48.5 Å². The third-order valence-electron chi connectivity index (χ3n) is 2.12. The molecular formula is C11H13N3. The molecule has 1 aromatic carbocycles. The van der Waals surface area contributed by atoms with Crippen molar-refractivity contribution in [2.75, 3.05) is 12.5 Å². The van der Waals surface area contributed by atoms with Crippen LogP contribution in [0, 0.1) is 0 Å². The third-order valence-corrected chi connectivity index (χ3v) is 2.12. The molecule has 1 aliphatic heterocycles. The Kier molecular flexibility index (Phi) is 2.49. The first-order valence-electron chi connectivity index (χ1n) is 4.63. The van der Waals surface area contributed by atoms with Crippen molar-refractivity contribution in [2.24, 2.45) is 5.10 Å². The van der Waals surface area contributed by atoms with Gasteiger partial charge in [0.05, 0.1) is 5.69 Å². The molecule has 0 bridgehead atoms. The Labute approximate surface area is 83.7 Å². The molecule has 3 nitrogen and oxygen atoms in total. The molecule has 0 aliphatic carbocycles. The zero-order valence-corrected chi connectivity index (χ0v) is 8.14. The largest absolute Gasteiger partial charge is 0.338 e. The number of hydrogen-bond donors (Lipinski definition) is 1. The second kappa shape index (κ2) is 3.96. The number of benzene rings is 1. The lowest BCUT2D eigenvalue weighted by Crippen LogP contribution is -2.16. The van der Waals surface area contributed by atoms with Crippen LogP contribution in [0.4, 0.5) is 5.69 Å². The van der Waals surface area contributed by atoms with Crippen molar-refractivity contribution in [3.63, 3.8) is 0 Å². The number of rotatable bonds is 2. The van der Waals surface area contributed by atoms with Crippen molar-refractivity contribution in [1.29, 1.82) is 0 Å². The smallest absolute Gasteiger partial charge is 0.132 e. The van der Waals surface area contributed by atoms with Crippen molar-refractivity contribution >= 4 is 11.5 Å². The summed E-state index contributed by atoms with van der Waals surface area (Å²) in [5, 5.41) is 4.30. The second-order valence-electron chi connectivity index (χ2n) is 3.21. The first-order chi connectivity index (χ1) is 6.86. The predicted octanol–water partition coefficient (Wildman–Crippen LogP) is 2.26. The van der Waals surface area contributed by atoms with E-state index in [2.05, 4.69) is 16.6 Å². The van der Waals surface area contributed by atoms with Crippen LogP contribution in [0.15, 0.2) is 47.7 Å². The summed E-state index contributed by atoms with van der Waals surface area (Å²) in [6.45, 7) is 0. The standard InChI is InChI=1S/C11H13N3/c1-14-9-5-8-11(14)13-12-10-6-3-2-4-7-10/h2-7,9,12H,8H2,1H3. The molecule has 0 atom stereocenters. The highest BCUT2D eigenvalue weighted by Gasteiger charge is 2.07. The topological polar surface area (TPSA) is 27.6 Å². The molecule has 0 saturated carbocycles. The first kappa shape index (κ1) is 8.81. The molecule has 1 heterocycles. The van der Waals surface area contributed by atoms with Gasteiger partial charge in [-0.25, -0.2) is 0 Å². The summed E-state index contributed by atoms with van der Waals surface area (Å²) in [7, 11) is 2.00. The zero-order valence-electron chi connectivity index (χ0n) is 8.14. The van der Waals surface area contributed by atoms with E-state index in [1.54, 1.807) is 0 Å². The van der Waals surface area contributed by atoms with Crippen LogP contribution >= 0.6 is 0 Å². The summed E-state index contributed by atoms with van der Waals surface area (Å²) in [5.74, 6) is 1.04. The summed E-state index contributed by atoms with van der Waals surface area (Å²) in [6.07, 6.45) is 5.01. The fraction of sp³-hybridized carbons (Fsp3) is 0.182. The van der Waals surface area contributed by atoms with Gasteiger partial charge in [-0.3, -0.25) is 5.43 Å². The van der Waals surface area contributed by atoms with Crippen LogP contribution in [0.3, 0.4) is 0 Å². The van der Waals surface area contributed by atoms with Gasteiger partial charge < -0.3 is 4.90 Å². The summed E-state index contributed by atoms with van der Waals surface area (Å²) in [6, 6.07) is 9.94. The molecule has 2 rings (SSSR count). The molecule has 0 radical (unpaired) electrons. The molecule has 0 saturated heterocycles. The van der Waals surface area contributed by atoms with Crippen LogP contribution in [0.5, 0.6) is 0 Å². The van der Waals surface area contributed by atoms with Crippen molar-refractivity contribution in [2.45, 2.75) is 6.42 Å². The van der Waals surface area contributed by atoms with Gasteiger partial charge in [-0.2, -0.15) is 5.10 Å². The Morgan fingerprint density at radius 2 is 2.07 bits per heavy atom. The molecule has 0 unspecified atom stereocenters. The average Bonchev–Trinajstić information content (AvgIpc) is 2.63. The fourth-order valence-electron chi connectivity index (χ4n) is 1.31. The monoisotopic (exact) mass is 187 g/mol. The molecule has 1 aliphatic rings. The minimum Gasteiger partial charge on any atom is -0.338 e. The van der Waals surface area contributed by atoms with Gasteiger partial charge in [-0.15, -0.1) is 0 Å². The Morgan fingerprint density at radius 1 is 1.29 bits per heavy atom. The Bertz CT molecular complexity index is 354. The number of nitrogens with zero attached hydrogens (tertiary/aromatic N) is 2. The van der Waals surface area contributed by atoms with Gasteiger partial charge in [0.2, 0.25) is 0 Å². The van der Waals surface area contributed by atoms with Crippen molar-refractivity contribution < 1.29 is 0 Å². The van der Waals surface area contributed by atoms with Gasteiger partial charge in [0.25, 0.3) is 0 Å². The number of hydrogen-bond acceptors (Lipinski definition) is 2. The Balaban J connectivity index is 2.00. The number of para-hydroxylation sites is 1. The number of amidine groups is 1. The predicted molar refractivity (Wildman–Crippen MR) is 59.0 cm³/mol. The molecule has 14 heavy (non-hydrogen) atoms. The molecule has 1 N–H and O–H groups in total. The van der Waals surface area contributed by atoms with Gasteiger partial charge in [-0.1, -0.05) is 24.3 Å².